The van der Waals surface area contributed by atoms with E-state index in [4.69, 9.17) is 23.2 Å². The highest BCUT2D eigenvalue weighted by Gasteiger charge is 2.19. The molecule has 9 heteroatoms. The van der Waals surface area contributed by atoms with Gasteiger partial charge in [0.2, 0.25) is 0 Å². The van der Waals surface area contributed by atoms with Gasteiger partial charge in [-0.25, -0.2) is 8.78 Å². The van der Waals surface area contributed by atoms with Gasteiger partial charge in [0.1, 0.15) is 11.6 Å². The van der Waals surface area contributed by atoms with Gasteiger partial charge in [-0.3, -0.25) is 9.55 Å². The van der Waals surface area contributed by atoms with Crippen molar-refractivity contribution < 1.29 is 8.78 Å². The molecule has 0 amide bonds. The van der Waals surface area contributed by atoms with Crippen LogP contribution in [-0.2, 0) is 5.75 Å². The number of benzene rings is 2. The van der Waals surface area contributed by atoms with Gasteiger partial charge in [0.25, 0.3) is 0 Å². The number of hydrogen-bond donors (Lipinski definition) is 0. The van der Waals surface area contributed by atoms with Crippen molar-refractivity contribution in [2.75, 3.05) is 0 Å². The Balaban J connectivity index is 1.78. The van der Waals surface area contributed by atoms with Crippen molar-refractivity contribution in [3.05, 3.63) is 88.2 Å². The maximum Gasteiger partial charge on any atom is 0.196 e. The zero-order chi connectivity index (χ0) is 20.4. The molecule has 0 aliphatic heterocycles. The molecule has 0 atom stereocenters. The summed E-state index contributed by atoms with van der Waals surface area (Å²) >= 11 is 13.8. The molecule has 0 spiro atoms. The van der Waals surface area contributed by atoms with Crippen LogP contribution in [-0.4, -0.2) is 19.7 Å². The number of aromatic nitrogens is 4. The fourth-order valence-electron chi connectivity index (χ4n) is 2.70. The van der Waals surface area contributed by atoms with E-state index in [9.17, 15) is 8.78 Å². The molecule has 4 aromatic rings. The van der Waals surface area contributed by atoms with Crippen molar-refractivity contribution in [2.24, 2.45) is 0 Å². The Morgan fingerprint density at radius 1 is 1.00 bits per heavy atom. The molecule has 4 rings (SSSR count). The van der Waals surface area contributed by atoms with Gasteiger partial charge in [0.05, 0.1) is 10.7 Å². The Morgan fingerprint density at radius 3 is 2.62 bits per heavy atom. The Morgan fingerprint density at radius 2 is 1.86 bits per heavy atom. The van der Waals surface area contributed by atoms with Crippen LogP contribution in [0.25, 0.3) is 17.1 Å². The molecule has 0 saturated heterocycles. The second kappa shape index (κ2) is 8.49. The van der Waals surface area contributed by atoms with Crippen molar-refractivity contribution >= 4 is 35.0 Å². The highest BCUT2D eigenvalue weighted by molar-refractivity contribution is 7.98. The first-order valence-corrected chi connectivity index (χ1v) is 10.1. The predicted octanol–water partition coefficient (Wildman–Crippen LogP) is 6.21. The van der Waals surface area contributed by atoms with Crippen LogP contribution in [0.5, 0.6) is 0 Å². The minimum Gasteiger partial charge on any atom is -0.268 e. The molecule has 0 aliphatic rings. The number of rotatable bonds is 5. The Kier molecular flexibility index (Phi) is 5.80. The summed E-state index contributed by atoms with van der Waals surface area (Å²) in [6.07, 6.45) is 3.32. The van der Waals surface area contributed by atoms with E-state index in [0.29, 0.717) is 32.3 Å². The zero-order valence-electron chi connectivity index (χ0n) is 14.7. The Labute approximate surface area is 179 Å². The van der Waals surface area contributed by atoms with E-state index in [2.05, 4.69) is 15.2 Å². The lowest BCUT2D eigenvalue weighted by Crippen LogP contribution is -2.01. The molecule has 0 unspecified atom stereocenters. The summed E-state index contributed by atoms with van der Waals surface area (Å²) < 4.78 is 28.9. The van der Waals surface area contributed by atoms with Crippen LogP contribution in [0, 0.1) is 11.6 Å². The number of halogens is 4. The molecule has 0 N–H and O–H groups in total. The van der Waals surface area contributed by atoms with Gasteiger partial charge in [0, 0.05) is 34.8 Å². The molecular weight excluding hydrogens is 437 g/mol. The first kappa shape index (κ1) is 19.8. The number of pyridine rings is 1. The predicted molar refractivity (Wildman–Crippen MR) is 111 cm³/mol. The molecule has 29 heavy (non-hydrogen) atoms. The van der Waals surface area contributed by atoms with Gasteiger partial charge in [-0.2, -0.15) is 0 Å². The average Bonchev–Trinajstić information content (AvgIpc) is 3.13. The topological polar surface area (TPSA) is 43.6 Å². The third-order valence-electron chi connectivity index (χ3n) is 4.07. The SMILES string of the molecule is Fc1ccc(CSc2nnc(-c3cccnc3)n2-c2cc(Cl)ccc2Cl)c(F)c1. The fraction of sp³-hybridized carbons (Fsp3) is 0.0500. The maximum absolute atomic E-state index is 14.0. The summed E-state index contributed by atoms with van der Waals surface area (Å²) in [5.41, 5.74) is 1.67. The minimum atomic E-state index is -0.621. The lowest BCUT2D eigenvalue weighted by molar-refractivity contribution is 0.576. The van der Waals surface area contributed by atoms with Crippen molar-refractivity contribution in [3.8, 4) is 17.1 Å². The normalized spacial score (nSPS) is 11.0. The molecule has 0 fully saturated rings. The molecule has 0 saturated carbocycles. The summed E-state index contributed by atoms with van der Waals surface area (Å²) in [4.78, 5) is 4.13. The molecule has 0 aliphatic carbocycles. The third-order valence-corrected chi connectivity index (χ3v) is 5.61. The highest BCUT2D eigenvalue weighted by atomic mass is 35.5. The largest absolute Gasteiger partial charge is 0.268 e. The summed E-state index contributed by atoms with van der Waals surface area (Å²) in [7, 11) is 0. The molecule has 2 aromatic carbocycles. The smallest absolute Gasteiger partial charge is 0.196 e. The van der Waals surface area contributed by atoms with Gasteiger partial charge >= 0.3 is 0 Å². The quantitative estimate of drug-likeness (QED) is 0.340. The second-order valence-electron chi connectivity index (χ2n) is 6.00. The molecule has 0 radical (unpaired) electrons. The number of hydrogen-bond acceptors (Lipinski definition) is 4. The van der Waals surface area contributed by atoms with Gasteiger partial charge < -0.3 is 0 Å². The van der Waals surface area contributed by atoms with E-state index in [-0.39, 0.29) is 5.75 Å². The van der Waals surface area contributed by atoms with Crippen molar-refractivity contribution in [1.82, 2.24) is 19.7 Å². The van der Waals surface area contributed by atoms with Gasteiger partial charge in [-0.05, 0) is 42.0 Å². The summed E-state index contributed by atoms with van der Waals surface area (Å²) in [6.45, 7) is 0. The van der Waals surface area contributed by atoms with E-state index < -0.39 is 11.6 Å². The van der Waals surface area contributed by atoms with E-state index in [1.807, 2.05) is 6.07 Å². The van der Waals surface area contributed by atoms with Crippen molar-refractivity contribution in [2.45, 2.75) is 10.9 Å². The van der Waals surface area contributed by atoms with Crippen LogP contribution >= 0.6 is 35.0 Å². The monoisotopic (exact) mass is 448 g/mol. The van der Waals surface area contributed by atoms with Crippen LogP contribution < -0.4 is 0 Å². The van der Waals surface area contributed by atoms with E-state index >= 15 is 0 Å². The lowest BCUT2D eigenvalue weighted by atomic mass is 10.2. The van der Waals surface area contributed by atoms with Crippen LogP contribution in [0.1, 0.15) is 5.56 Å². The van der Waals surface area contributed by atoms with Crippen LogP contribution in [0.3, 0.4) is 0 Å². The summed E-state index contributed by atoms with van der Waals surface area (Å²) in [5.74, 6) is -0.486. The van der Waals surface area contributed by atoms with Crippen LogP contribution in [0.15, 0.2) is 66.1 Å². The van der Waals surface area contributed by atoms with E-state index in [0.717, 1.165) is 11.6 Å². The molecule has 4 nitrogen and oxygen atoms in total. The number of nitrogens with zero attached hydrogens (tertiary/aromatic N) is 4. The fourth-order valence-corrected chi connectivity index (χ4v) is 4.00. The van der Waals surface area contributed by atoms with Gasteiger partial charge in [-0.15, -0.1) is 10.2 Å². The minimum absolute atomic E-state index is 0.232. The Bertz CT molecular complexity index is 1170. The van der Waals surface area contributed by atoms with E-state index in [1.54, 1.807) is 41.2 Å². The van der Waals surface area contributed by atoms with Gasteiger partial charge in [0.15, 0.2) is 11.0 Å². The lowest BCUT2D eigenvalue weighted by Gasteiger charge is -2.12. The molecule has 146 valence electrons. The molecule has 2 heterocycles. The Hall–Kier alpha value is -2.48. The van der Waals surface area contributed by atoms with E-state index in [1.165, 1.54) is 23.9 Å². The standard InChI is InChI=1S/C20H12Cl2F2N4S/c21-14-4-6-16(22)18(8-14)28-19(12-2-1-7-25-10-12)26-27-20(28)29-11-13-3-5-15(23)9-17(13)24/h1-10H,11H2. The maximum atomic E-state index is 14.0. The molecule has 2 aromatic heterocycles. The summed E-state index contributed by atoms with van der Waals surface area (Å²) in [5, 5.41) is 9.96. The average molecular weight is 449 g/mol. The van der Waals surface area contributed by atoms with Gasteiger partial charge in [-0.1, -0.05) is 41.0 Å². The van der Waals surface area contributed by atoms with Crippen molar-refractivity contribution in [3.63, 3.8) is 0 Å². The molecular formula is C20H12Cl2F2N4S. The zero-order valence-corrected chi connectivity index (χ0v) is 17.0. The number of thioether (sulfide) groups is 1. The third kappa shape index (κ3) is 4.27. The van der Waals surface area contributed by atoms with Crippen LogP contribution in [0.4, 0.5) is 8.78 Å². The van der Waals surface area contributed by atoms with Crippen molar-refractivity contribution in [1.29, 1.82) is 0 Å². The second-order valence-corrected chi connectivity index (χ2v) is 7.79. The molecule has 0 bridgehead atoms. The first-order valence-electron chi connectivity index (χ1n) is 8.41. The first-order chi connectivity index (χ1) is 14.0. The van der Waals surface area contributed by atoms with Crippen LogP contribution in [0.2, 0.25) is 10.0 Å². The summed E-state index contributed by atoms with van der Waals surface area (Å²) in [6, 6.07) is 12.2. The highest BCUT2D eigenvalue weighted by Crippen LogP contribution is 2.34.